The number of halogens is 1. The first-order valence-electron chi connectivity index (χ1n) is 7.82. The van der Waals surface area contributed by atoms with Crippen LogP contribution in [0.4, 0.5) is 0 Å². The van der Waals surface area contributed by atoms with Crippen molar-refractivity contribution < 1.29 is 9.47 Å². The van der Waals surface area contributed by atoms with Gasteiger partial charge in [0.25, 0.3) is 0 Å². The van der Waals surface area contributed by atoms with Crippen LogP contribution in [0.1, 0.15) is 39.2 Å². The molecule has 1 N–H and O–H groups in total. The number of nitrogens with one attached hydrogen (secondary N) is 1. The van der Waals surface area contributed by atoms with Crippen LogP contribution in [0, 0.1) is 5.92 Å². The summed E-state index contributed by atoms with van der Waals surface area (Å²) < 4.78 is 12.8. The summed E-state index contributed by atoms with van der Waals surface area (Å²) in [6, 6.07) is 6.17. The van der Waals surface area contributed by atoms with Crippen LogP contribution in [0.5, 0.6) is 5.75 Å². The van der Waals surface area contributed by atoms with Crippen molar-refractivity contribution in [3.05, 3.63) is 28.2 Å². The zero-order valence-electron chi connectivity index (χ0n) is 13.2. The molecular formula is C17H26BrNO2. The molecule has 1 aliphatic heterocycles. The highest BCUT2D eigenvalue weighted by atomic mass is 79.9. The number of hydrogen-bond donors (Lipinski definition) is 1. The summed E-state index contributed by atoms with van der Waals surface area (Å²) in [6.07, 6.45) is 2.85. The smallest absolute Gasteiger partial charge is 0.119 e. The first-order valence-corrected chi connectivity index (χ1v) is 8.61. The van der Waals surface area contributed by atoms with Crippen LogP contribution < -0.4 is 10.1 Å². The Morgan fingerprint density at radius 2 is 2.19 bits per heavy atom. The molecule has 3 nitrogen and oxygen atoms in total. The third-order valence-corrected chi connectivity index (χ3v) is 4.41. The van der Waals surface area contributed by atoms with Gasteiger partial charge < -0.3 is 14.8 Å². The first kappa shape index (κ1) is 16.8. The molecule has 2 unspecified atom stereocenters. The predicted octanol–water partition coefficient (Wildman–Crippen LogP) is 4.14. The van der Waals surface area contributed by atoms with Gasteiger partial charge in [0, 0.05) is 11.0 Å². The molecule has 0 bridgehead atoms. The second-order valence-electron chi connectivity index (χ2n) is 6.24. The summed E-state index contributed by atoms with van der Waals surface area (Å²) in [4.78, 5) is 0. The third-order valence-electron chi connectivity index (χ3n) is 3.64. The van der Waals surface area contributed by atoms with Crippen LogP contribution in [-0.4, -0.2) is 25.4 Å². The summed E-state index contributed by atoms with van der Waals surface area (Å²) in [5, 5.41) is 3.46. The van der Waals surface area contributed by atoms with E-state index in [2.05, 4.69) is 54.2 Å². The molecule has 1 fully saturated rings. The summed E-state index contributed by atoms with van der Waals surface area (Å²) in [5.41, 5.74) is 1.23. The molecule has 0 saturated carbocycles. The molecule has 0 radical (unpaired) electrons. The van der Waals surface area contributed by atoms with E-state index >= 15 is 0 Å². The van der Waals surface area contributed by atoms with Crippen LogP contribution in [0.15, 0.2) is 22.7 Å². The number of hydrogen-bond acceptors (Lipinski definition) is 3. The van der Waals surface area contributed by atoms with Crippen molar-refractivity contribution in [3.63, 3.8) is 0 Å². The highest BCUT2D eigenvalue weighted by Gasteiger charge is 2.22. The largest absolute Gasteiger partial charge is 0.491 e. The average molecular weight is 356 g/mol. The average Bonchev–Trinajstić information content (AvgIpc) is 2.85. The fourth-order valence-corrected chi connectivity index (χ4v) is 2.86. The minimum absolute atomic E-state index is 0.242. The van der Waals surface area contributed by atoms with Gasteiger partial charge in [-0.2, -0.15) is 0 Å². The molecule has 2 atom stereocenters. The molecule has 1 saturated heterocycles. The summed E-state index contributed by atoms with van der Waals surface area (Å²) >= 11 is 3.60. The van der Waals surface area contributed by atoms with E-state index in [1.165, 1.54) is 5.56 Å². The quantitative estimate of drug-likeness (QED) is 0.797. The fraction of sp³-hybridized carbons (Fsp3) is 0.647. The zero-order valence-corrected chi connectivity index (χ0v) is 14.8. The van der Waals surface area contributed by atoms with Crippen molar-refractivity contribution >= 4 is 15.9 Å². The van der Waals surface area contributed by atoms with E-state index in [0.717, 1.165) is 36.2 Å². The van der Waals surface area contributed by atoms with Crippen LogP contribution in [0.3, 0.4) is 0 Å². The Morgan fingerprint density at radius 3 is 2.86 bits per heavy atom. The Hall–Kier alpha value is -0.580. The lowest BCUT2D eigenvalue weighted by molar-refractivity contribution is 0.0264. The lowest BCUT2D eigenvalue weighted by Gasteiger charge is -2.14. The van der Waals surface area contributed by atoms with Crippen molar-refractivity contribution in [2.24, 2.45) is 5.92 Å². The maximum Gasteiger partial charge on any atom is 0.119 e. The SMILES string of the molecule is CC(C)CNCc1cc(OCC2CCC(C)O2)ccc1Br. The van der Waals surface area contributed by atoms with Crippen molar-refractivity contribution in [1.82, 2.24) is 5.32 Å². The number of ether oxygens (including phenoxy) is 2. The maximum atomic E-state index is 5.89. The highest BCUT2D eigenvalue weighted by molar-refractivity contribution is 9.10. The van der Waals surface area contributed by atoms with E-state index < -0.39 is 0 Å². The van der Waals surface area contributed by atoms with E-state index in [0.29, 0.717) is 18.6 Å². The van der Waals surface area contributed by atoms with Crippen molar-refractivity contribution in [3.8, 4) is 5.75 Å². The van der Waals surface area contributed by atoms with Gasteiger partial charge in [-0.25, -0.2) is 0 Å². The lowest BCUT2D eigenvalue weighted by atomic mass is 10.2. The Labute approximate surface area is 136 Å². The molecule has 1 heterocycles. The Bertz CT molecular complexity index is 450. The lowest BCUT2D eigenvalue weighted by Crippen LogP contribution is -2.20. The van der Waals surface area contributed by atoms with E-state index in [1.54, 1.807) is 0 Å². The fourth-order valence-electron chi connectivity index (χ4n) is 2.47. The topological polar surface area (TPSA) is 30.5 Å². The molecule has 0 spiro atoms. The van der Waals surface area contributed by atoms with E-state index in [4.69, 9.17) is 9.47 Å². The van der Waals surface area contributed by atoms with Crippen LogP contribution in [0.25, 0.3) is 0 Å². The maximum absolute atomic E-state index is 5.89. The standard InChI is InChI=1S/C17H26BrNO2/c1-12(2)9-19-10-14-8-15(6-7-17(14)18)20-11-16-5-4-13(3)21-16/h6-8,12-13,16,19H,4-5,9-11H2,1-3H3. The molecule has 0 amide bonds. The van der Waals surface area contributed by atoms with Crippen LogP contribution >= 0.6 is 15.9 Å². The van der Waals surface area contributed by atoms with Gasteiger partial charge in [0.15, 0.2) is 0 Å². The van der Waals surface area contributed by atoms with Gasteiger partial charge in [0.1, 0.15) is 12.4 Å². The Kier molecular flexibility index (Phi) is 6.52. The molecular weight excluding hydrogens is 330 g/mol. The third kappa shape index (κ3) is 5.61. The summed E-state index contributed by atoms with van der Waals surface area (Å²) in [6.45, 7) is 9.07. The van der Waals surface area contributed by atoms with Crippen molar-refractivity contribution in [2.45, 2.75) is 52.4 Å². The van der Waals surface area contributed by atoms with Crippen LogP contribution in [-0.2, 0) is 11.3 Å². The Balaban J connectivity index is 1.85. The zero-order chi connectivity index (χ0) is 15.2. The van der Waals surface area contributed by atoms with Crippen molar-refractivity contribution in [2.75, 3.05) is 13.2 Å². The molecule has 2 rings (SSSR count). The van der Waals surface area contributed by atoms with Gasteiger partial charge in [-0.05, 0) is 56.0 Å². The van der Waals surface area contributed by atoms with Gasteiger partial charge in [-0.1, -0.05) is 29.8 Å². The number of benzene rings is 1. The van der Waals surface area contributed by atoms with E-state index in [1.807, 2.05) is 6.07 Å². The van der Waals surface area contributed by atoms with Gasteiger partial charge in [-0.15, -0.1) is 0 Å². The van der Waals surface area contributed by atoms with Gasteiger partial charge in [-0.3, -0.25) is 0 Å². The van der Waals surface area contributed by atoms with Gasteiger partial charge >= 0.3 is 0 Å². The molecule has 1 aromatic rings. The van der Waals surface area contributed by atoms with Gasteiger partial charge in [0.05, 0.1) is 12.2 Å². The molecule has 21 heavy (non-hydrogen) atoms. The highest BCUT2D eigenvalue weighted by Crippen LogP contribution is 2.24. The minimum Gasteiger partial charge on any atom is -0.491 e. The summed E-state index contributed by atoms with van der Waals surface area (Å²) in [7, 11) is 0. The minimum atomic E-state index is 0.242. The summed E-state index contributed by atoms with van der Waals surface area (Å²) in [5.74, 6) is 1.58. The second-order valence-corrected chi connectivity index (χ2v) is 7.09. The molecule has 0 aromatic heterocycles. The Morgan fingerprint density at radius 1 is 1.38 bits per heavy atom. The molecule has 0 aliphatic carbocycles. The van der Waals surface area contributed by atoms with Gasteiger partial charge in [0.2, 0.25) is 0 Å². The molecule has 1 aromatic carbocycles. The van der Waals surface area contributed by atoms with Crippen LogP contribution in [0.2, 0.25) is 0 Å². The van der Waals surface area contributed by atoms with E-state index in [-0.39, 0.29) is 6.10 Å². The number of rotatable bonds is 7. The monoisotopic (exact) mass is 355 g/mol. The first-order chi connectivity index (χ1) is 10.0. The normalized spacial score (nSPS) is 22.0. The second kappa shape index (κ2) is 8.16. The predicted molar refractivity (Wildman–Crippen MR) is 89.8 cm³/mol. The van der Waals surface area contributed by atoms with E-state index in [9.17, 15) is 0 Å². The van der Waals surface area contributed by atoms with Crippen molar-refractivity contribution in [1.29, 1.82) is 0 Å². The molecule has 118 valence electrons. The molecule has 1 aliphatic rings. The molecule has 4 heteroatoms.